The Bertz CT molecular complexity index is 233. The van der Waals surface area contributed by atoms with Gasteiger partial charge in [-0.05, 0) is 33.2 Å². The van der Waals surface area contributed by atoms with Gasteiger partial charge in [0.2, 0.25) is 0 Å². The highest BCUT2D eigenvalue weighted by molar-refractivity contribution is 4.84. The van der Waals surface area contributed by atoms with Crippen LogP contribution in [0.4, 0.5) is 0 Å². The smallest absolute Gasteiger partial charge is 0.0855 e. The van der Waals surface area contributed by atoms with E-state index in [9.17, 15) is 0 Å². The molecule has 0 spiro atoms. The van der Waals surface area contributed by atoms with E-state index in [1.165, 1.54) is 38.5 Å². The largest absolute Gasteiger partial charge is 0.374 e. The molecule has 1 N–H and O–H groups in total. The second-order valence-corrected chi connectivity index (χ2v) is 6.41. The monoisotopic (exact) mass is 284 g/mol. The molecule has 120 valence electrons. The van der Waals surface area contributed by atoms with Gasteiger partial charge in [-0.2, -0.15) is 0 Å². The van der Waals surface area contributed by atoms with Crippen molar-refractivity contribution in [2.24, 2.45) is 0 Å². The molecule has 1 heterocycles. The summed E-state index contributed by atoms with van der Waals surface area (Å²) < 4.78 is 6.07. The quantitative estimate of drug-likeness (QED) is 0.622. The second kappa shape index (κ2) is 10.6. The van der Waals surface area contributed by atoms with Crippen LogP contribution in [0.1, 0.15) is 66.2 Å². The van der Waals surface area contributed by atoms with Gasteiger partial charge in [-0.15, -0.1) is 0 Å². The molecule has 3 heteroatoms. The van der Waals surface area contributed by atoms with Crippen LogP contribution < -0.4 is 5.32 Å². The van der Waals surface area contributed by atoms with Crippen molar-refractivity contribution < 1.29 is 4.74 Å². The summed E-state index contributed by atoms with van der Waals surface area (Å²) in [5.41, 5.74) is 0. The molecule has 0 radical (unpaired) electrons. The van der Waals surface area contributed by atoms with E-state index >= 15 is 0 Å². The van der Waals surface area contributed by atoms with E-state index in [4.69, 9.17) is 4.74 Å². The van der Waals surface area contributed by atoms with Gasteiger partial charge >= 0.3 is 0 Å². The average Bonchev–Trinajstić information content (AvgIpc) is 2.46. The fourth-order valence-corrected chi connectivity index (χ4v) is 2.95. The molecular weight excluding hydrogens is 248 g/mol. The molecule has 2 atom stereocenters. The first kappa shape index (κ1) is 17.9. The molecule has 1 saturated heterocycles. The maximum Gasteiger partial charge on any atom is 0.0855 e. The summed E-state index contributed by atoms with van der Waals surface area (Å²) in [5.74, 6) is 0. The molecule has 0 amide bonds. The van der Waals surface area contributed by atoms with Crippen molar-refractivity contribution in [3.05, 3.63) is 0 Å². The molecule has 2 unspecified atom stereocenters. The Kier molecular flexibility index (Phi) is 9.49. The normalized spacial score (nSPS) is 22.4. The molecule has 1 aliphatic heterocycles. The summed E-state index contributed by atoms with van der Waals surface area (Å²) in [7, 11) is 0. The number of hydrogen-bond acceptors (Lipinski definition) is 3. The molecule has 1 rings (SSSR count). The summed E-state index contributed by atoms with van der Waals surface area (Å²) in [6, 6.07) is 1.17. The molecule has 0 aromatic rings. The van der Waals surface area contributed by atoms with Crippen molar-refractivity contribution in [1.82, 2.24) is 10.2 Å². The number of ether oxygens (including phenoxy) is 1. The van der Waals surface area contributed by atoms with E-state index in [2.05, 4.69) is 37.9 Å². The Balaban J connectivity index is 2.43. The van der Waals surface area contributed by atoms with Crippen molar-refractivity contribution in [3.8, 4) is 0 Å². The Morgan fingerprint density at radius 2 is 1.95 bits per heavy atom. The van der Waals surface area contributed by atoms with Crippen LogP contribution in [-0.4, -0.2) is 49.3 Å². The van der Waals surface area contributed by atoms with Crippen molar-refractivity contribution in [2.45, 2.75) is 84.4 Å². The van der Waals surface area contributed by atoms with Gasteiger partial charge in [0.05, 0.1) is 12.7 Å². The van der Waals surface area contributed by atoms with Gasteiger partial charge in [-0.3, -0.25) is 4.90 Å². The lowest BCUT2D eigenvalue weighted by Crippen LogP contribution is -2.53. The summed E-state index contributed by atoms with van der Waals surface area (Å²) in [4.78, 5) is 2.56. The molecule has 20 heavy (non-hydrogen) atoms. The third kappa shape index (κ3) is 6.55. The van der Waals surface area contributed by atoms with Gasteiger partial charge in [0.15, 0.2) is 0 Å². The van der Waals surface area contributed by atoms with Crippen LogP contribution in [0.2, 0.25) is 0 Å². The van der Waals surface area contributed by atoms with Gasteiger partial charge < -0.3 is 10.1 Å². The highest BCUT2D eigenvalue weighted by atomic mass is 16.5. The Morgan fingerprint density at radius 1 is 1.15 bits per heavy atom. The zero-order valence-electron chi connectivity index (χ0n) is 14.2. The van der Waals surface area contributed by atoms with Crippen LogP contribution in [0.3, 0.4) is 0 Å². The van der Waals surface area contributed by atoms with E-state index in [-0.39, 0.29) is 0 Å². The summed E-state index contributed by atoms with van der Waals surface area (Å²) in [5, 5.41) is 3.72. The Labute approximate surface area is 126 Å². The minimum atomic E-state index is 0.374. The molecule has 0 aliphatic carbocycles. The molecule has 0 aromatic carbocycles. The van der Waals surface area contributed by atoms with Gasteiger partial charge in [0.1, 0.15) is 0 Å². The van der Waals surface area contributed by atoms with Crippen LogP contribution in [0.5, 0.6) is 0 Å². The van der Waals surface area contributed by atoms with Crippen molar-refractivity contribution in [3.63, 3.8) is 0 Å². The van der Waals surface area contributed by atoms with Crippen molar-refractivity contribution >= 4 is 0 Å². The van der Waals surface area contributed by atoms with E-state index in [0.29, 0.717) is 18.2 Å². The molecule has 0 aromatic heterocycles. The first-order valence-corrected chi connectivity index (χ1v) is 8.78. The first-order chi connectivity index (χ1) is 9.69. The van der Waals surface area contributed by atoms with Crippen LogP contribution in [-0.2, 0) is 4.74 Å². The fourth-order valence-electron chi connectivity index (χ4n) is 2.95. The SMILES string of the molecule is CCCCCCC(NCCC)C1CN(C(C)C)CCO1. The topological polar surface area (TPSA) is 24.5 Å². The van der Waals surface area contributed by atoms with Gasteiger partial charge in [0, 0.05) is 25.2 Å². The van der Waals surface area contributed by atoms with Gasteiger partial charge in [0.25, 0.3) is 0 Å². The summed E-state index contributed by atoms with van der Waals surface area (Å²) in [6.45, 7) is 13.3. The zero-order valence-corrected chi connectivity index (χ0v) is 14.2. The van der Waals surface area contributed by atoms with E-state index < -0.39 is 0 Å². The van der Waals surface area contributed by atoms with Gasteiger partial charge in [-0.1, -0.05) is 39.5 Å². The van der Waals surface area contributed by atoms with Crippen LogP contribution in [0, 0.1) is 0 Å². The van der Waals surface area contributed by atoms with Crippen LogP contribution in [0.25, 0.3) is 0 Å². The number of unbranched alkanes of at least 4 members (excludes halogenated alkanes) is 3. The number of morpholine rings is 1. The number of hydrogen-bond donors (Lipinski definition) is 1. The number of nitrogens with one attached hydrogen (secondary N) is 1. The maximum atomic E-state index is 6.07. The second-order valence-electron chi connectivity index (χ2n) is 6.41. The highest BCUT2D eigenvalue weighted by Crippen LogP contribution is 2.16. The molecule has 1 aliphatic rings. The minimum absolute atomic E-state index is 0.374. The lowest BCUT2D eigenvalue weighted by molar-refractivity contribution is -0.0567. The lowest BCUT2D eigenvalue weighted by atomic mass is 10.0. The Hall–Kier alpha value is -0.120. The third-order valence-corrected chi connectivity index (χ3v) is 4.33. The molecule has 3 nitrogen and oxygen atoms in total. The van der Waals surface area contributed by atoms with Crippen molar-refractivity contribution in [1.29, 1.82) is 0 Å². The van der Waals surface area contributed by atoms with Crippen LogP contribution in [0.15, 0.2) is 0 Å². The zero-order chi connectivity index (χ0) is 14.8. The molecule has 0 bridgehead atoms. The lowest BCUT2D eigenvalue weighted by Gasteiger charge is -2.39. The fraction of sp³-hybridized carbons (Fsp3) is 1.00. The highest BCUT2D eigenvalue weighted by Gasteiger charge is 2.28. The maximum absolute atomic E-state index is 6.07. The molecule has 1 fully saturated rings. The molecular formula is C17H36N2O. The minimum Gasteiger partial charge on any atom is -0.374 e. The standard InChI is InChI=1S/C17H36N2O/c1-5-7-8-9-10-16(18-11-6-2)17-14-19(15(3)4)12-13-20-17/h15-18H,5-14H2,1-4H3. The summed E-state index contributed by atoms with van der Waals surface area (Å²) in [6.07, 6.45) is 8.21. The van der Waals surface area contributed by atoms with Crippen molar-refractivity contribution in [2.75, 3.05) is 26.2 Å². The van der Waals surface area contributed by atoms with Gasteiger partial charge in [-0.25, -0.2) is 0 Å². The Morgan fingerprint density at radius 3 is 2.60 bits per heavy atom. The van der Waals surface area contributed by atoms with E-state index in [1.807, 2.05) is 0 Å². The average molecular weight is 284 g/mol. The van der Waals surface area contributed by atoms with E-state index in [0.717, 1.165) is 26.2 Å². The first-order valence-electron chi connectivity index (χ1n) is 8.78. The third-order valence-electron chi connectivity index (χ3n) is 4.33. The van der Waals surface area contributed by atoms with E-state index in [1.54, 1.807) is 0 Å². The van der Waals surface area contributed by atoms with Crippen LogP contribution >= 0.6 is 0 Å². The number of nitrogens with zero attached hydrogens (tertiary/aromatic N) is 1. The predicted molar refractivity (Wildman–Crippen MR) is 87.3 cm³/mol. The molecule has 0 saturated carbocycles. The predicted octanol–water partition coefficient (Wildman–Crippen LogP) is 3.43. The number of rotatable bonds is 10. The summed E-state index contributed by atoms with van der Waals surface area (Å²) >= 11 is 0.